The highest BCUT2D eigenvalue weighted by molar-refractivity contribution is 5.91. The van der Waals surface area contributed by atoms with Crippen LogP contribution >= 0.6 is 0 Å². The molecule has 0 unspecified atom stereocenters. The van der Waals surface area contributed by atoms with Crippen LogP contribution in [0.15, 0.2) is 77.9 Å². The van der Waals surface area contributed by atoms with E-state index in [0.717, 1.165) is 11.6 Å². The van der Waals surface area contributed by atoms with E-state index >= 15 is 0 Å². The number of benzene rings is 3. The number of carbonyl (C=O) groups excluding carboxylic acids is 1. The van der Waals surface area contributed by atoms with Gasteiger partial charge in [0.1, 0.15) is 5.75 Å². The number of nitro benzene ring substituents is 2. The zero-order valence-corrected chi connectivity index (χ0v) is 16.2. The SMILES string of the molecule is CN(/N=C\c1ccc(OC(=O)c2cccc([N+](=O)[O-])c2)cc1)c1ccc([N+](=O)[O-])cc1. The first-order valence-corrected chi connectivity index (χ1v) is 8.92. The minimum atomic E-state index is -0.706. The largest absolute Gasteiger partial charge is 0.423 e. The van der Waals surface area contributed by atoms with E-state index in [0.29, 0.717) is 5.69 Å². The molecule has 0 bridgehead atoms. The van der Waals surface area contributed by atoms with Crippen LogP contribution in [0.25, 0.3) is 0 Å². The lowest BCUT2D eigenvalue weighted by Crippen LogP contribution is -2.09. The van der Waals surface area contributed by atoms with Gasteiger partial charge in [0.25, 0.3) is 11.4 Å². The van der Waals surface area contributed by atoms with Crippen LogP contribution in [-0.4, -0.2) is 29.1 Å². The van der Waals surface area contributed by atoms with Gasteiger partial charge in [0.05, 0.1) is 27.3 Å². The Labute approximate surface area is 176 Å². The highest BCUT2D eigenvalue weighted by Crippen LogP contribution is 2.19. The first-order valence-electron chi connectivity index (χ1n) is 8.92. The predicted molar refractivity (Wildman–Crippen MR) is 114 cm³/mol. The fourth-order valence-electron chi connectivity index (χ4n) is 2.54. The summed E-state index contributed by atoms with van der Waals surface area (Å²) in [6.45, 7) is 0. The Bertz CT molecular complexity index is 1140. The Morgan fingerprint density at radius 2 is 1.58 bits per heavy atom. The molecule has 0 atom stereocenters. The number of hydrogen-bond acceptors (Lipinski definition) is 8. The molecule has 0 aliphatic carbocycles. The summed E-state index contributed by atoms with van der Waals surface area (Å²) < 4.78 is 5.24. The van der Waals surface area contributed by atoms with E-state index in [9.17, 15) is 25.0 Å². The first kappa shape index (κ1) is 21.1. The monoisotopic (exact) mass is 420 g/mol. The molecule has 0 aromatic heterocycles. The van der Waals surface area contributed by atoms with E-state index in [1.54, 1.807) is 54.7 Å². The molecule has 0 radical (unpaired) electrons. The van der Waals surface area contributed by atoms with Gasteiger partial charge in [0.15, 0.2) is 0 Å². The van der Waals surface area contributed by atoms with E-state index in [1.807, 2.05) is 0 Å². The quantitative estimate of drug-likeness (QED) is 0.184. The molecule has 10 nitrogen and oxygen atoms in total. The molecule has 10 heteroatoms. The van der Waals surface area contributed by atoms with Crippen molar-refractivity contribution in [1.82, 2.24) is 0 Å². The van der Waals surface area contributed by atoms with Crippen LogP contribution in [-0.2, 0) is 0 Å². The van der Waals surface area contributed by atoms with Crippen molar-refractivity contribution >= 4 is 29.2 Å². The van der Waals surface area contributed by atoms with Crippen molar-refractivity contribution < 1.29 is 19.4 Å². The van der Waals surface area contributed by atoms with Gasteiger partial charge in [-0.3, -0.25) is 25.2 Å². The lowest BCUT2D eigenvalue weighted by Gasteiger charge is -2.12. The number of nitrogens with zero attached hydrogens (tertiary/aromatic N) is 4. The number of carbonyl (C=O) groups is 1. The van der Waals surface area contributed by atoms with Crippen molar-refractivity contribution in [2.24, 2.45) is 5.10 Å². The minimum absolute atomic E-state index is 0.00336. The van der Waals surface area contributed by atoms with E-state index in [1.165, 1.54) is 30.3 Å². The second kappa shape index (κ2) is 9.27. The van der Waals surface area contributed by atoms with Crippen molar-refractivity contribution in [3.05, 3.63) is 104 Å². The summed E-state index contributed by atoms with van der Waals surface area (Å²) in [6.07, 6.45) is 1.58. The molecule has 3 rings (SSSR count). The van der Waals surface area contributed by atoms with Crippen LogP contribution in [0.2, 0.25) is 0 Å². The molecule has 156 valence electrons. The Morgan fingerprint density at radius 3 is 2.19 bits per heavy atom. The second-order valence-corrected chi connectivity index (χ2v) is 6.31. The van der Waals surface area contributed by atoms with Crippen molar-refractivity contribution in [3.8, 4) is 5.75 Å². The van der Waals surface area contributed by atoms with E-state index < -0.39 is 15.8 Å². The van der Waals surface area contributed by atoms with Gasteiger partial charge in [0.2, 0.25) is 0 Å². The smallest absolute Gasteiger partial charge is 0.343 e. The summed E-state index contributed by atoms with van der Waals surface area (Å²) in [5.41, 5.74) is 1.27. The summed E-state index contributed by atoms with van der Waals surface area (Å²) in [5.74, 6) is -0.430. The maximum Gasteiger partial charge on any atom is 0.343 e. The van der Waals surface area contributed by atoms with Crippen molar-refractivity contribution in [2.45, 2.75) is 0 Å². The Hall–Kier alpha value is -4.60. The number of hydrazone groups is 1. The highest BCUT2D eigenvalue weighted by Gasteiger charge is 2.13. The molecule has 0 heterocycles. The third kappa shape index (κ3) is 5.48. The van der Waals surface area contributed by atoms with Gasteiger partial charge in [-0.2, -0.15) is 5.10 Å². The summed E-state index contributed by atoms with van der Waals surface area (Å²) in [6, 6.07) is 17.8. The van der Waals surface area contributed by atoms with Crippen LogP contribution in [0.5, 0.6) is 5.75 Å². The standard InChI is InChI=1S/C21H16N4O6/c1-23(17-7-9-18(10-8-17)24(27)28)22-14-15-5-11-20(12-6-15)31-21(26)16-3-2-4-19(13-16)25(29)30/h2-14H,1H3/b22-14-. The summed E-state index contributed by atoms with van der Waals surface area (Å²) in [7, 11) is 1.70. The molecule has 0 fully saturated rings. The maximum atomic E-state index is 12.2. The summed E-state index contributed by atoms with van der Waals surface area (Å²) in [5, 5.41) is 27.4. The zero-order valence-electron chi connectivity index (χ0n) is 16.2. The number of ether oxygens (including phenoxy) is 1. The van der Waals surface area contributed by atoms with Gasteiger partial charge >= 0.3 is 5.97 Å². The average Bonchev–Trinajstić information content (AvgIpc) is 2.78. The molecule has 3 aromatic carbocycles. The van der Waals surface area contributed by atoms with Crippen molar-refractivity contribution in [3.63, 3.8) is 0 Å². The molecule has 0 spiro atoms. The molecule has 0 aliphatic heterocycles. The molecular weight excluding hydrogens is 404 g/mol. The predicted octanol–water partition coefficient (Wildman–Crippen LogP) is 4.19. The number of rotatable bonds is 7. The molecule has 3 aromatic rings. The number of hydrogen-bond donors (Lipinski definition) is 0. The van der Waals surface area contributed by atoms with Gasteiger partial charge in [-0.25, -0.2) is 4.79 Å². The van der Waals surface area contributed by atoms with Gasteiger partial charge in [-0.15, -0.1) is 0 Å². The molecular formula is C21H16N4O6. The second-order valence-electron chi connectivity index (χ2n) is 6.31. The Kier molecular flexibility index (Phi) is 6.31. The van der Waals surface area contributed by atoms with E-state index in [-0.39, 0.29) is 22.7 Å². The number of non-ortho nitro benzene ring substituents is 2. The van der Waals surface area contributed by atoms with Crippen LogP contribution in [0.4, 0.5) is 17.1 Å². The Morgan fingerprint density at radius 1 is 0.935 bits per heavy atom. The fraction of sp³-hybridized carbons (Fsp3) is 0.0476. The summed E-state index contributed by atoms with van der Waals surface area (Å²) in [4.78, 5) is 32.7. The third-order valence-corrected chi connectivity index (χ3v) is 4.20. The average molecular weight is 420 g/mol. The molecule has 31 heavy (non-hydrogen) atoms. The first-order chi connectivity index (χ1) is 14.8. The van der Waals surface area contributed by atoms with Gasteiger partial charge in [-0.1, -0.05) is 6.07 Å². The molecule has 0 saturated carbocycles. The third-order valence-electron chi connectivity index (χ3n) is 4.20. The van der Waals surface area contributed by atoms with E-state index in [2.05, 4.69) is 5.10 Å². The van der Waals surface area contributed by atoms with Crippen molar-refractivity contribution in [2.75, 3.05) is 12.1 Å². The topological polar surface area (TPSA) is 128 Å². The van der Waals surface area contributed by atoms with Gasteiger partial charge < -0.3 is 4.74 Å². The molecule has 0 saturated heterocycles. The Balaban J connectivity index is 1.63. The lowest BCUT2D eigenvalue weighted by molar-refractivity contribution is -0.385. The minimum Gasteiger partial charge on any atom is -0.423 e. The van der Waals surface area contributed by atoms with E-state index in [4.69, 9.17) is 4.74 Å². The number of anilines is 1. The normalized spacial score (nSPS) is 10.6. The maximum absolute atomic E-state index is 12.2. The fourth-order valence-corrected chi connectivity index (χ4v) is 2.54. The summed E-state index contributed by atoms with van der Waals surface area (Å²) >= 11 is 0. The molecule has 0 aliphatic rings. The van der Waals surface area contributed by atoms with Gasteiger partial charge in [-0.05, 0) is 48.0 Å². The van der Waals surface area contributed by atoms with Crippen LogP contribution in [0.3, 0.4) is 0 Å². The molecule has 0 amide bonds. The number of nitro groups is 2. The zero-order chi connectivity index (χ0) is 22.4. The van der Waals surface area contributed by atoms with Crippen LogP contribution in [0.1, 0.15) is 15.9 Å². The van der Waals surface area contributed by atoms with Crippen LogP contribution in [0, 0.1) is 20.2 Å². The highest BCUT2D eigenvalue weighted by atomic mass is 16.6. The number of esters is 1. The van der Waals surface area contributed by atoms with Crippen molar-refractivity contribution in [1.29, 1.82) is 0 Å². The van der Waals surface area contributed by atoms with Gasteiger partial charge in [0, 0.05) is 31.3 Å². The lowest BCUT2D eigenvalue weighted by atomic mass is 10.2. The van der Waals surface area contributed by atoms with Crippen LogP contribution < -0.4 is 9.75 Å². The molecule has 0 N–H and O–H groups in total.